The van der Waals surface area contributed by atoms with E-state index in [1.807, 2.05) is 0 Å². The van der Waals surface area contributed by atoms with Crippen LogP contribution in [0.1, 0.15) is 31.7 Å². The molecule has 1 saturated heterocycles. The van der Waals surface area contributed by atoms with Crippen LogP contribution in [0.5, 0.6) is 0 Å². The molecule has 0 bridgehead atoms. The van der Waals surface area contributed by atoms with Crippen LogP contribution in [0.15, 0.2) is 30.3 Å². The third-order valence-corrected chi connectivity index (χ3v) is 4.56. The van der Waals surface area contributed by atoms with Crippen LogP contribution in [0.4, 0.5) is 0 Å². The van der Waals surface area contributed by atoms with Crippen molar-refractivity contribution in [3.05, 3.63) is 35.9 Å². The van der Waals surface area contributed by atoms with Crippen molar-refractivity contribution in [2.75, 3.05) is 52.4 Å². The number of likely N-dealkylation sites (N-methyl/N-ethyl adjacent to an activating group) is 1. The summed E-state index contributed by atoms with van der Waals surface area (Å²) in [5.41, 5.74) is 1.43. The largest absolute Gasteiger partial charge is 0.316 e. The first kappa shape index (κ1) is 16.5. The van der Waals surface area contributed by atoms with Gasteiger partial charge in [-0.2, -0.15) is 0 Å². The van der Waals surface area contributed by atoms with Crippen LogP contribution in [0.3, 0.4) is 0 Å². The SMILES string of the molecule is CCN1CCN(CCCNCC(C)c2ccccc2)CC1. The Morgan fingerprint density at radius 3 is 2.38 bits per heavy atom. The molecule has 1 unspecified atom stereocenters. The topological polar surface area (TPSA) is 18.5 Å². The van der Waals surface area contributed by atoms with E-state index in [-0.39, 0.29) is 0 Å². The molecule has 1 aromatic carbocycles. The molecule has 0 saturated carbocycles. The van der Waals surface area contributed by atoms with Gasteiger partial charge in [0.1, 0.15) is 0 Å². The molecule has 3 nitrogen and oxygen atoms in total. The highest BCUT2D eigenvalue weighted by Gasteiger charge is 2.14. The Kier molecular flexibility index (Phi) is 7.20. The molecule has 1 aliphatic rings. The molecule has 118 valence electrons. The maximum absolute atomic E-state index is 3.61. The molecule has 1 N–H and O–H groups in total. The molecule has 0 aliphatic carbocycles. The minimum absolute atomic E-state index is 0.597. The van der Waals surface area contributed by atoms with Crippen molar-refractivity contribution in [3.8, 4) is 0 Å². The molecule has 1 aromatic rings. The smallest absolute Gasteiger partial charge is 0.0110 e. The Morgan fingerprint density at radius 1 is 1.05 bits per heavy atom. The normalized spacial score (nSPS) is 18.8. The highest BCUT2D eigenvalue weighted by atomic mass is 15.3. The van der Waals surface area contributed by atoms with E-state index in [4.69, 9.17) is 0 Å². The minimum Gasteiger partial charge on any atom is -0.316 e. The summed E-state index contributed by atoms with van der Waals surface area (Å²) >= 11 is 0. The van der Waals surface area contributed by atoms with E-state index in [1.165, 1.54) is 51.3 Å². The Bertz CT molecular complexity index is 371. The molecule has 1 fully saturated rings. The van der Waals surface area contributed by atoms with Crippen LogP contribution in [-0.4, -0.2) is 62.2 Å². The first-order valence-electron chi connectivity index (χ1n) is 8.50. The monoisotopic (exact) mass is 289 g/mol. The first-order valence-corrected chi connectivity index (χ1v) is 8.50. The maximum atomic E-state index is 3.61. The van der Waals surface area contributed by atoms with Gasteiger partial charge in [-0.1, -0.05) is 44.2 Å². The van der Waals surface area contributed by atoms with Gasteiger partial charge in [0.15, 0.2) is 0 Å². The predicted molar refractivity (Wildman–Crippen MR) is 90.9 cm³/mol. The molecular weight excluding hydrogens is 258 g/mol. The lowest BCUT2D eigenvalue weighted by atomic mass is 10.0. The Morgan fingerprint density at radius 2 is 1.71 bits per heavy atom. The summed E-state index contributed by atoms with van der Waals surface area (Å²) in [7, 11) is 0. The number of hydrogen-bond donors (Lipinski definition) is 1. The zero-order valence-corrected chi connectivity index (χ0v) is 13.7. The van der Waals surface area contributed by atoms with Gasteiger partial charge in [-0.25, -0.2) is 0 Å². The Labute approximate surface area is 130 Å². The minimum atomic E-state index is 0.597. The van der Waals surface area contributed by atoms with Gasteiger partial charge in [-0.15, -0.1) is 0 Å². The summed E-state index contributed by atoms with van der Waals surface area (Å²) in [4.78, 5) is 5.14. The van der Waals surface area contributed by atoms with Crippen LogP contribution in [0, 0.1) is 0 Å². The number of piperazine rings is 1. The van der Waals surface area contributed by atoms with Crippen LogP contribution in [0.25, 0.3) is 0 Å². The van der Waals surface area contributed by atoms with Crippen LogP contribution >= 0.6 is 0 Å². The Balaban J connectivity index is 1.52. The summed E-state index contributed by atoms with van der Waals surface area (Å²) in [6.45, 7) is 14.2. The van der Waals surface area contributed by atoms with Gasteiger partial charge in [0.2, 0.25) is 0 Å². The second-order valence-electron chi connectivity index (χ2n) is 6.15. The molecule has 1 atom stereocenters. The highest BCUT2D eigenvalue weighted by molar-refractivity contribution is 5.18. The van der Waals surface area contributed by atoms with Crippen molar-refractivity contribution in [3.63, 3.8) is 0 Å². The summed E-state index contributed by atoms with van der Waals surface area (Å²) in [5.74, 6) is 0.597. The zero-order valence-electron chi connectivity index (χ0n) is 13.7. The van der Waals surface area contributed by atoms with Crippen molar-refractivity contribution >= 4 is 0 Å². The molecule has 3 heteroatoms. The molecule has 0 spiro atoms. The fourth-order valence-electron chi connectivity index (χ4n) is 2.97. The van der Waals surface area contributed by atoms with Crippen molar-refractivity contribution in [2.24, 2.45) is 0 Å². The van der Waals surface area contributed by atoms with E-state index in [2.05, 4.69) is 59.3 Å². The van der Waals surface area contributed by atoms with Crippen LogP contribution in [0.2, 0.25) is 0 Å². The van der Waals surface area contributed by atoms with E-state index >= 15 is 0 Å². The molecule has 1 aliphatic heterocycles. The maximum Gasteiger partial charge on any atom is 0.0110 e. The quantitative estimate of drug-likeness (QED) is 0.742. The van der Waals surface area contributed by atoms with E-state index in [1.54, 1.807) is 0 Å². The van der Waals surface area contributed by atoms with Gasteiger partial charge in [0, 0.05) is 32.7 Å². The van der Waals surface area contributed by atoms with E-state index in [0.29, 0.717) is 5.92 Å². The van der Waals surface area contributed by atoms with E-state index < -0.39 is 0 Å². The summed E-state index contributed by atoms with van der Waals surface area (Å²) < 4.78 is 0. The summed E-state index contributed by atoms with van der Waals surface area (Å²) in [5, 5.41) is 3.61. The molecule has 0 aromatic heterocycles. The van der Waals surface area contributed by atoms with Gasteiger partial charge < -0.3 is 15.1 Å². The molecule has 0 radical (unpaired) electrons. The highest BCUT2D eigenvalue weighted by Crippen LogP contribution is 2.12. The van der Waals surface area contributed by atoms with Crippen LogP contribution in [-0.2, 0) is 0 Å². The van der Waals surface area contributed by atoms with Crippen molar-refractivity contribution in [2.45, 2.75) is 26.2 Å². The fourth-order valence-corrected chi connectivity index (χ4v) is 2.97. The number of rotatable bonds is 8. The fraction of sp³-hybridized carbons (Fsp3) is 0.667. The average molecular weight is 289 g/mol. The van der Waals surface area contributed by atoms with E-state index in [9.17, 15) is 0 Å². The van der Waals surface area contributed by atoms with Gasteiger partial charge >= 0.3 is 0 Å². The van der Waals surface area contributed by atoms with Crippen molar-refractivity contribution in [1.29, 1.82) is 0 Å². The van der Waals surface area contributed by atoms with Gasteiger partial charge in [-0.05, 0) is 37.5 Å². The molecule has 2 rings (SSSR count). The Hall–Kier alpha value is -0.900. The number of nitrogens with zero attached hydrogens (tertiary/aromatic N) is 2. The van der Waals surface area contributed by atoms with Crippen molar-refractivity contribution < 1.29 is 0 Å². The molecule has 21 heavy (non-hydrogen) atoms. The van der Waals surface area contributed by atoms with Crippen molar-refractivity contribution in [1.82, 2.24) is 15.1 Å². The number of nitrogens with one attached hydrogen (secondary N) is 1. The summed E-state index contributed by atoms with van der Waals surface area (Å²) in [6, 6.07) is 10.8. The van der Waals surface area contributed by atoms with Crippen LogP contribution < -0.4 is 5.32 Å². The lowest BCUT2D eigenvalue weighted by molar-refractivity contribution is 0.136. The lowest BCUT2D eigenvalue weighted by Crippen LogP contribution is -2.46. The number of hydrogen-bond acceptors (Lipinski definition) is 3. The molecule has 1 heterocycles. The van der Waals surface area contributed by atoms with Gasteiger partial charge in [0.25, 0.3) is 0 Å². The molecule has 0 amide bonds. The zero-order chi connectivity index (χ0) is 14.9. The lowest BCUT2D eigenvalue weighted by Gasteiger charge is -2.34. The summed E-state index contributed by atoms with van der Waals surface area (Å²) in [6.07, 6.45) is 1.26. The predicted octanol–water partition coefficient (Wildman–Crippen LogP) is 2.41. The average Bonchev–Trinajstić information content (AvgIpc) is 2.55. The number of benzene rings is 1. The second kappa shape index (κ2) is 9.19. The second-order valence-corrected chi connectivity index (χ2v) is 6.15. The third kappa shape index (κ3) is 5.77. The molecular formula is C18H31N3. The van der Waals surface area contributed by atoms with Gasteiger partial charge in [-0.3, -0.25) is 0 Å². The van der Waals surface area contributed by atoms with E-state index in [0.717, 1.165) is 13.1 Å². The van der Waals surface area contributed by atoms with Gasteiger partial charge in [0.05, 0.1) is 0 Å². The standard InChI is InChI=1S/C18H31N3/c1-3-20-12-14-21(15-13-20)11-7-10-19-16-17(2)18-8-5-4-6-9-18/h4-6,8-9,17,19H,3,7,10-16H2,1-2H3. The third-order valence-electron chi connectivity index (χ3n) is 4.56. The first-order chi connectivity index (χ1) is 10.3.